The fourth-order valence-electron chi connectivity index (χ4n) is 2.89. The van der Waals surface area contributed by atoms with Gasteiger partial charge in [-0.05, 0) is 56.0 Å². The SMILES string of the molecule is CCCC(C)=O.CCCC(Oc1cc(-c2ccncc2)ns1)c1ccc(Cl)c(C)c1. The Morgan fingerprint density at radius 1 is 1.13 bits per heavy atom. The topological polar surface area (TPSA) is 52.1 Å². The average molecular weight is 445 g/mol. The molecule has 1 aromatic carbocycles. The minimum absolute atomic E-state index is 0.0108. The molecular formula is C24H29ClN2O2S. The maximum atomic E-state index is 10.0. The van der Waals surface area contributed by atoms with Crippen molar-refractivity contribution in [3.63, 3.8) is 0 Å². The van der Waals surface area contributed by atoms with E-state index in [1.54, 1.807) is 19.3 Å². The molecule has 0 N–H and O–H groups in total. The highest BCUT2D eigenvalue weighted by molar-refractivity contribution is 7.08. The summed E-state index contributed by atoms with van der Waals surface area (Å²) in [4.78, 5) is 14.1. The number of benzene rings is 1. The first-order valence-electron chi connectivity index (χ1n) is 10.2. The van der Waals surface area contributed by atoms with Crippen LogP contribution in [0.1, 0.15) is 63.7 Å². The number of aromatic nitrogens is 2. The number of rotatable bonds is 8. The van der Waals surface area contributed by atoms with Crippen LogP contribution in [0, 0.1) is 6.92 Å². The number of hydrogen-bond donors (Lipinski definition) is 0. The highest BCUT2D eigenvalue weighted by Gasteiger charge is 2.16. The summed E-state index contributed by atoms with van der Waals surface area (Å²) < 4.78 is 10.7. The first kappa shape index (κ1) is 24.0. The van der Waals surface area contributed by atoms with Gasteiger partial charge < -0.3 is 9.53 Å². The van der Waals surface area contributed by atoms with Crippen molar-refractivity contribution in [1.82, 2.24) is 9.36 Å². The van der Waals surface area contributed by atoms with Gasteiger partial charge in [0.2, 0.25) is 0 Å². The molecule has 0 fully saturated rings. The Kier molecular flexibility index (Phi) is 9.98. The second kappa shape index (κ2) is 12.5. The summed E-state index contributed by atoms with van der Waals surface area (Å²) in [5.74, 6) is 0.289. The molecule has 0 amide bonds. The molecule has 2 aromatic heterocycles. The highest BCUT2D eigenvalue weighted by atomic mass is 35.5. The van der Waals surface area contributed by atoms with Crippen LogP contribution in [0.3, 0.4) is 0 Å². The molecule has 0 saturated carbocycles. The molecule has 0 radical (unpaired) electrons. The Morgan fingerprint density at radius 2 is 1.87 bits per heavy atom. The van der Waals surface area contributed by atoms with Crippen molar-refractivity contribution in [2.24, 2.45) is 0 Å². The first-order valence-corrected chi connectivity index (χ1v) is 11.4. The predicted octanol–water partition coefficient (Wildman–Crippen LogP) is 7.46. The number of Topliss-reactive ketones (excluding diaryl/α,β-unsaturated/α-hetero) is 1. The van der Waals surface area contributed by atoms with Crippen LogP contribution in [0.5, 0.6) is 5.06 Å². The molecule has 3 rings (SSSR count). The summed E-state index contributed by atoms with van der Waals surface area (Å²) in [5.41, 5.74) is 4.18. The summed E-state index contributed by atoms with van der Waals surface area (Å²) in [7, 11) is 0. The molecule has 4 nitrogen and oxygen atoms in total. The number of aryl methyl sites for hydroxylation is 1. The van der Waals surface area contributed by atoms with Crippen LogP contribution in [0.2, 0.25) is 5.02 Å². The second-order valence-electron chi connectivity index (χ2n) is 7.12. The van der Waals surface area contributed by atoms with Gasteiger partial charge in [0.15, 0.2) is 5.06 Å². The number of carbonyl (C=O) groups is 1. The number of ether oxygens (including phenoxy) is 1. The van der Waals surface area contributed by atoms with Crippen LogP contribution >= 0.6 is 23.1 Å². The fourth-order valence-corrected chi connectivity index (χ4v) is 3.68. The van der Waals surface area contributed by atoms with Gasteiger partial charge in [0.05, 0.1) is 5.69 Å². The van der Waals surface area contributed by atoms with Gasteiger partial charge in [0.25, 0.3) is 0 Å². The van der Waals surface area contributed by atoms with E-state index < -0.39 is 0 Å². The molecule has 0 saturated heterocycles. The van der Waals surface area contributed by atoms with Crippen molar-refractivity contribution in [3.8, 4) is 16.3 Å². The number of pyridine rings is 1. The molecule has 0 aliphatic heterocycles. The summed E-state index contributed by atoms with van der Waals surface area (Å²) in [5, 5.41) is 1.61. The van der Waals surface area contributed by atoms with Gasteiger partial charge >= 0.3 is 0 Å². The van der Waals surface area contributed by atoms with Crippen LogP contribution in [0.25, 0.3) is 11.3 Å². The number of halogens is 1. The Labute approximate surface area is 188 Å². The molecule has 6 heteroatoms. The number of nitrogens with zero attached hydrogens (tertiary/aromatic N) is 2. The molecule has 2 heterocycles. The molecule has 30 heavy (non-hydrogen) atoms. The van der Waals surface area contributed by atoms with E-state index in [4.69, 9.17) is 16.3 Å². The summed E-state index contributed by atoms with van der Waals surface area (Å²) in [6, 6.07) is 12.0. The number of carbonyl (C=O) groups excluding carboxylic acids is 1. The van der Waals surface area contributed by atoms with E-state index in [-0.39, 0.29) is 11.9 Å². The van der Waals surface area contributed by atoms with Gasteiger partial charge in [-0.25, -0.2) is 0 Å². The fraction of sp³-hybridized carbons (Fsp3) is 0.375. The normalized spacial score (nSPS) is 11.4. The maximum absolute atomic E-state index is 10.0. The third-order valence-corrected chi connectivity index (χ3v) is 5.54. The first-order chi connectivity index (χ1) is 14.4. The van der Waals surface area contributed by atoms with Crippen molar-refractivity contribution in [3.05, 3.63) is 64.9 Å². The van der Waals surface area contributed by atoms with Crippen molar-refractivity contribution in [2.45, 2.75) is 59.5 Å². The van der Waals surface area contributed by atoms with E-state index in [1.807, 2.05) is 44.2 Å². The van der Waals surface area contributed by atoms with Gasteiger partial charge in [-0.2, -0.15) is 4.37 Å². The molecule has 0 spiro atoms. The lowest BCUT2D eigenvalue weighted by molar-refractivity contribution is -0.117. The molecule has 0 bridgehead atoms. The third-order valence-electron chi connectivity index (χ3n) is 4.43. The lowest BCUT2D eigenvalue weighted by Crippen LogP contribution is -2.07. The molecule has 3 aromatic rings. The molecule has 1 unspecified atom stereocenters. The summed E-state index contributed by atoms with van der Waals surface area (Å²) in [6.45, 7) is 7.79. The van der Waals surface area contributed by atoms with Crippen molar-refractivity contribution >= 4 is 28.9 Å². The smallest absolute Gasteiger partial charge is 0.194 e. The van der Waals surface area contributed by atoms with Crippen molar-refractivity contribution < 1.29 is 9.53 Å². The molecule has 1 atom stereocenters. The van der Waals surface area contributed by atoms with E-state index >= 15 is 0 Å². The average Bonchev–Trinajstić information content (AvgIpc) is 3.19. The van der Waals surface area contributed by atoms with Crippen LogP contribution < -0.4 is 4.74 Å². The molecule has 160 valence electrons. The van der Waals surface area contributed by atoms with Crippen LogP contribution in [-0.2, 0) is 4.79 Å². The Morgan fingerprint density at radius 3 is 2.43 bits per heavy atom. The predicted molar refractivity (Wildman–Crippen MR) is 125 cm³/mol. The van der Waals surface area contributed by atoms with E-state index in [0.717, 1.165) is 58.2 Å². The van der Waals surface area contributed by atoms with Gasteiger partial charge in [0, 0.05) is 47.0 Å². The van der Waals surface area contributed by atoms with E-state index in [0.29, 0.717) is 0 Å². The largest absolute Gasteiger partial charge is 0.475 e. The zero-order valence-electron chi connectivity index (χ0n) is 18.0. The van der Waals surface area contributed by atoms with Crippen molar-refractivity contribution in [1.29, 1.82) is 0 Å². The van der Waals surface area contributed by atoms with Crippen molar-refractivity contribution in [2.75, 3.05) is 0 Å². The van der Waals surface area contributed by atoms with Gasteiger partial charge in [0.1, 0.15) is 11.9 Å². The number of hydrogen-bond acceptors (Lipinski definition) is 5. The number of ketones is 1. The van der Waals surface area contributed by atoms with Gasteiger partial charge in [-0.3, -0.25) is 4.98 Å². The monoisotopic (exact) mass is 444 g/mol. The van der Waals surface area contributed by atoms with E-state index in [1.165, 1.54) is 11.5 Å². The highest BCUT2D eigenvalue weighted by Crippen LogP contribution is 2.33. The molecular weight excluding hydrogens is 416 g/mol. The Balaban J connectivity index is 0.000000469. The third kappa shape index (κ3) is 7.54. The van der Waals surface area contributed by atoms with Gasteiger partial charge in [-0.1, -0.05) is 44.0 Å². The van der Waals surface area contributed by atoms with Crippen LogP contribution in [0.15, 0.2) is 48.8 Å². The maximum Gasteiger partial charge on any atom is 0.194 e. The van der Waals surface area contributed by atoms with E-state index in [9.17, 15) is 4.79 Å². The van der Waals surface area contributed by atoms with Gasteiger partial charge in [-0.15, -0.1) is 0 Å². The van der Waals surface area contributed by atoms with Crippen LogP contribution in [0.4, 0.5) is 0 Å². The lowest BCUT2D eigenvalue weighted by Gasteiger charge is -2.18. The zero-order valence-corrected chi connectivity index (χ0v) is 19.6. The minimum Gasteiger partial charge on any atom is -0.475 e. The van der Waals surface area contributed by atoms with E-state index in [2.05, 4.69) is 22.3 Å². The summed E-state index contributed by atoms with van der Waals surface area (Å²) in [6.07, 6.45) is 7.26. The summed E-state index contributed by atoms with van der Waals surface area (Å²) >= 11 is 7.52. The standard InChI is InChI=1S/C19H19ClN2OS.C5H10O/c1-3-4-18(15-5-6-16(20)13(2)11-15)23-19-12-17(22-24-19)14-7-9-21-10-8-14;1-3-4-5(2)6/h5-12,18H,3-4H2,1-2H3;3-4H2,1-2H3. The lowest BCUT2D eigenvalue weighted by atomic mass is 10.0. The Hall–Kier alpha value is -2.24. The molecule has 0 aliphatic carbocycles. The Bertz CT molecular complexity index is 928. The quantitative estimate of drug-likeness (QED) is 0.361. The molecule has 0 aliphatic rings. The minimum atomic E-state index is 0.0108. The van der Waals surface area contributed by atoms with Crippen LogP contribution in [-0.4, -0.2) is 15.1 Å². The zero-order chi connectivity index (χ0) is 21.9. The second-order valence-corrected chi connectivity index (χ2v) is 8.30.